The Bertz CT molecular complexity index is 759. The Morgan fingerprint density at radius 2 is 1.88 bits per heavy atom. The lowest BCUT2D eigenvalue weighted by atomic mass is 10.1. The summed E-state index contributed by atoms with van der Waals surface area (Å²) in [5.41, 5.74) is 1.56. The first-order valence-electron chi connectivity index (χ1n) is 8.03. The highest BCUT2D eigenvalue weighted by molar-refractivity contribution is 6.00. The van der Waals surface area contributed by atoms with E-state index in [-0.39, 0.29) is 24.1 Å². The van der Waals surface area contributed by atoms with Crippen molar-refractivity contribution in [1.82, 2.24) is 5.32 Å². The van der Waals surface area contributed by atoms with Crippen molar-refractivity contribution >= 4 is 17.5 Å². The van der Waals surface area contributed by atoms with Gasteiger partial charge in [0.05, 0.1) is 13.0 Å². The van der Waals surface area contributed by atoms with E-state index < -0.39 is 5.92 Å². The summed E-state index contributed by atoms with van der Waals surface area (Å²) in [5.74, 6) is -0.295. The molecule has 0 radical (unpaired) electrons. The Kier molecular flexibility index (Phi) is 4.97. The van der Waals surface area contributed by atoms with Crippen LogP contribution in [0.4, 0.5) is 10.1 Å². The zero-order valence-corrected chi connectivity index (χ0v) is 13.9. The summed E-state index contributed by atoms with van der Waals surface area (Å²) in [6.45, 7) is 0.697. The number of ether oxygens (including phenoxy) is 1. The molecule has 0 saturated carbocycles. The second-order valence-corrected chi connectivity index (χ2v) is 5.95. The van der Waals surface area contributed by atoms with Gasteiger partial charge in [-0.25, -0.2) is 4.39 Å². The van der Waals surface area contributed by atoms with Gasteiger partial charge in [0.15, 0.2) is 0 Å². The fourth-order valence-electron chi connectivity index (χ4n) is 2.83. The number of nitrogens with zero attached hydrogens (tertiary/aromatic N) is 1. The fourth-order valence-corrected chi connectivity index (χ4v) is 2.83. The third-order valence-corrected chi connectivity index (χ3v) is 4.26. The van der Waals surface area contributed by atoms with Gasteiger partial charge in [-0.1, -0.05) is 12.1 Å². The quantitative estimate of drug-likeness (QED) is 0.908. The molecule has 25 heavy (non-hydrogen) atoms. The number of halogens is 1. The Hall–Kier alpha value is -2.89. The van der Waals surface area contributed by atoms with Crippen molar-refractivity contribution in [2.45, 2.75) is 13.0 Å². The van der Waals surface area contributed by atoms with E-state index in [2.05, 4.69) is 5.32 Å². The van der Waals surface area contributed by atoms with Gasteiger partial charge in [0.2, 0.25) is 11.8 Å². The highest BCUT2D eigenvalue weighted by Crippen LogP contribution is 2.25. The molecule has 1 aliphatic heterocycles. The smallest absolute Gasteiger partial charge is 0.227 e. The molecule has 130 valence electrons. The Morgan fingerprint density at radius 1 is 1.20 bits per heavy atom. The van der Waals surface area contributed by atoms with Gasteiger partial charge < -0.3 is 15.0 Å². The summed E-state index contributed by atoms with van der Waals surface area (Å²) in [6, 6.07) is 13.1. The van der Waals surface area contributed by atoms with E-state index >= 15 is 0 Å². The van der Waals surface area contributed by atoms with E-state index in [4.69, 9.17) is 4.74 Å². The van der Waals surface area contributed by atoms with Gasteiger partial charge in [-0.15, -0.1) is 0 Å². The first kappa shape index (κ1) is 17.0. The van der Waals surface area contributed by atoms with Crippen molar-refractivity contribution in [2.24, 2.45) is 5.92 Å². The SMILES string of the molecule is COc1ccc(CNC(=O)[C@H]2CC(=O)N(c3ccc(F)cc3)C2)cc1. The molecule has 5 nitrogen and oxygen atoms in total. The molecule has 3 rings (SSSR count). The van der Waals surface area contributed by atoms with Crippen LogP contribution in [0.3, 0.4) is 0 Å². The number of rotatable bonds is 5. The molecule has 0 aromatic heterocycles. The van der Waals surface area contributed by atoms with Crippen molar-refractivity contribution in [2.75, 3.05) is 18.6 Å². The number of carbonyl (C=O) groups is 2. The zero-order chi connectivity index (χ0) is 17.8. The highest BCUT2D eigenvalue weighted by Gasteiger charge is 2.34. The van der Waals surface area contributed by atoms with Crippen LogP contribution >= 0.6 is 0 Å². The van der Waals surface area contributed by atoms with Crippen LogP contribution in [-0.2, 0) is 16.1 Å². The predicted octanol–water partition coefficient (Wildman–Crippen LogP) is 2.50. The molecule has 2 aromatic carbocycles. The van der Waals surface area contributed by atoms with Gasteiger partial charge in [0, 0.05) is 25.2 Å². The van der Waals surface area contributed by atoms with Crippen LogP contribution in [0.25, 0.3) is 0 Å². The largest absolute Gasteiger partial charge is 0.497 e. The van der Waals surface area contributed by atoms with Crippen LogP contribution < -0.4 is 15.0 Å². The number of carbonyl (C=O) groups excluding carboxylic acids is 2. The first-order valence-corrected chi connectivity index (χ1v) is 8.03. The first-order chi connectivity index (χ1) is 12.1. The zero-order valence-electron chi connectivity index (χ0n) is 13.9. The maximum Gasteiger partial charge on any atom is 0.227 e. The molecule has 1 saturated heterocycles. The van der Waals surface area contributed by atoms with Crippen LogP contribution in [0, 0.1) is 11.7 Å². The summed E-state index contributed by atoms with van der Waals surface area (Å²) in [7, 11) is 1.60. The lowest BCUT2D eigenvalue weighted by molar-refractivity contribution is -0.126. The van der Waals surface area contributed by atoms with Crippen LogP contribution in [0.5, 0.6) is 5.75 Å². The number of anilines is 1. The number of nitrogens with one attached hydrogen (secondary N) is 1. The lowest BCUT2D eigenvalue weighted by Crippen LogP contribution is -2.32. The molecule has 0 aliphatic carbocycles. The van der Waals surface area contributed by atoms with E-state index in [0.717, 1.165) is 11.3 Å². The average Bonchev–Trinajstić information content (AvgIpc) is 3.02. The molecular formula is C19H19FN2O3. The van der Waals surface area contributed by atoms with Crippen LogP contribution in [-0.4, -0.2) is 25.5 Å². The van der Waals surface area contributed by atoms with E-state index in [9.17, 15) is 14.0 Å². The maximum atomic E-state index is 13.0. The molecule has 2 amide bonds. The van der Waals surface area contributed by atoms with Crippen LogP contribution in [0.2, 0.25) is 0 Å². The highest BCUT2D eigenvalue weighted by atomic mass is 19.1. The second-order valence-electron chi connectivity index (χ2n) is 5.95. The summed E-state index contributed by atoms with van der Waals surface area (Å²) in [5, 5.41) is 2.86. The summed E-state index contributed by atoms with van der Waals surface area (Å²) < 4.78 is 18.1. The van der Waals surface area contributed by atoms with Crippen molar-refractivity contribution in [3.8, 4) is 5.75 Å². The number of hydrogen-bond acceptors (Lipinski definition) is 3. The molecule has 0 spiro atoms. The molecule has 0 unspecified atom stereocenters. The van der Waals surface area contributed by atoms with E-state index in [1.54, 1.807) is 19.2 Å². The fraction of sp³-hybridized carbons (Fsp3) is 0.263. The lowest BCUT2D eigenvalue weighted by Gasteiger charge is -2.16. The second kappa shape index (κ2) is 7.34. The summed E-state index contributed by atoms with van der Waals surface area (Å²) >= 11 is 0. The standard InChI is InChI=1S/C19H19FN2O3/c1-25-17-8-2-13(3-9-17)11-21-19(24)14-10-18(23)22(12-14)16-6-4-15(20)5-7-16/h2-9,14H,10-12H2,1H3,(H,21,24)/t14-/m0/s1. The Labute approximate surface area is 145 Å². The van der Waals surface area contributed by atoms with Gasteiger partial charge >= 0.3 is 0 Å². The number of methoxy groups -OCH3 is 1. The molecule has 1 fully saturated rings. The minimum atomic E-state index is -0.407. The third-order valence-electron chi connectivity index (χ3n) is 4.26. The van der Waals surface area contributed by atoms with E-state index in [1.165, 1.54) is 17.0 Å². The van der Waals surface area contributed by atoms with E-state index in [1.807, 2.05) is 24.3 Å². The van der Waals surface area contributed by atoms with Gasteiger partial charge in [0.1, 0.15) is 11.6 Å². The van der Waals surface area contributed by atoms with Crippen LogP contribution in [0.1, 0.15) is 12.0 Å². The molecule has 1 heterocycles. The number of hydrogen-bond donors (Lipinski definition) is 1. The molecule has 1 N–H and O–H groups in total. The van der Waals surface area contributed by atoms with Crippen molar-refractivity contribution in [3.63, 3.8) is 0 Å². The number of benzene rings is 2. The topological polar surface area (TPSA) is 58.6 Å². The Balaban J connectivity index is 1.57. The minimum Gasteiger partial charge on any atom is -0.497 e. The maximum absolute atomic E-state index is 13.0. The molecule has 2 aromatic rings. The summed E-state index contributed by atoms with van der Waals surface area (Å²) in [6.07, 6.45) is 0.159. The van der Waals surface area contributed by atoms with Gasteiger partial charge in [-0.3, -0.25) is 9.59 Å². The summed E-state index contributed by atoms with van der Waals surface area (Å²) in [4.78, 5) is 26.0. The minimum absolute atomic E-state index is 0.129. The van der Waals surface area contributed by atoms with Crippen molar-refractivity contribution in [3.05, 3.63) is 59.9 Å². The third kappa shape index (κ3) is 3.96. The van der Waals surface area contributed by atoms with Gasteiger partial charge in [-0.2, -0.15) is 0 Å². The number of amides is 2. The van der Waals surface area contributed by atoms with Gasteiger partial charge in [0.25, 0.3) is 0 Å². The monoisotopic (exact) mass is 342 g/mol. The molecule has 1 atom stereocenters. The average molecular weight is 342 g/mol. The molecule has 0 bridgehead atoms. The normalized spacial score (nSPS) is 16.8. The van der Waals surface area contributed by atoms with E-state index in [0.29, 0.717) is 18.8 Å². The van der Waals surface area contributed by atoms with Gasteiger partial charge in [-0.05, 0) is 42.0 Å². The van der Waals surface area contributed by atoms with Crippen molar-refractivity contribution < 1.29 is 18.7 Å². The molecular weight excluding hydrogens is 323 g/mol. The van der Waals surface area contributed by atoms with Crippen LogP contribution in [0.15, 0.2) is 48.5 Å². The molecule has 1 aliphatic rings. The Morgan fingerprint density at radius 3 is 2.52 bits per heavy atom. The molecule has 6 heteroatoms. The van der Waals surface area contributed by atoms with Crippen molar-refractivity contribution in [1.29, 1.82) is 0 Å². The predicted molar refractivity (Wildman–Crippen MR) is 91.7 cm³/mol.